The molecule has 0 radical (unpaired) electrons. The summed E-state index contributed by atoms with van der Waals surface area (Å²) in [7, 11) is 0. The Labute approximate surface area is 119 Å². The summed E-state index contributed by atoms with van der Waals surface area (Å²) in [5.74, 6) is -0.885. The van der Waals surface area contributed by atoms with E-state index in [9.17, 15) is 9.18 Å². The molecule has 5 heteroatoms. The second kappa shape index (κ2) is 5.28. The van der Waals surface area contributed by atoms with Crippen LogP contribution in [-0.2, 0) is 11.3 Å². The van der Waals surface area contributed by atoms with Gasteiger partial charge < -0.3 is 14.9 Å². The van der Waals surface area contributed by atoms with Crippen LogP contribution in [0.25, 0.3) is 11.0 Å². The van der Waals surface area contributed by atoms with Crippen LogP contribution in [0.15, 0.2) is 52.9 Å². The number of furan rings is 1. The number of hydrogen-bond donors (Lipinski definition) is 1. The number of hydrogen-bond acceptors (Lipinski definition) is 4. The van der Waals surface area contributed by atoms with Gasteiger partial charge in [-0.25, -0.2) is 9.18 Å². The van der Waals surface area contributed by atoms with E-state index in [0.717, 1.165) is 5.39 Å². The average Bonchev–Trinajstić information content (AvgIpc) is 2.88. The van der Waals surface area contributed by atoms with Crippen molar-refractivity contribution >= 4 is 22.6 Å². The lowest BCUT2D eigenvalue weighted by Gasteiger charge is -2.02. The molecule has 4 nitrogen and oxygen atoms in total. The van der Waals surface area contributed by atoms with E-state index in [2.05, 4.69) is 0 Å². The quantitative estimate of drug-likeness (QED) is 0.590. The Hall–Kier alpha value is -2.82. The summed E-state index contributed by atoms with van der Waals surface area (Å²) in [4.78, 5) is 11.9. The lowest BCUT2D eigenvalue weighted by atomic mass is 10.2. The van der Waals surface area contributed by atoms with Gasteiger partial charge in [-0.3, -0.25) is 0 Å². The lowest BCUT2D eigenvalue weighted by Crippen LogP contribution is -2.04. The number of anilines is 1. The number of esters is 1. The number of carbonyl (C=O) groups is 1. The molecule has 0 saturated carbocycles. The third-order valence-electron chi connectivity index (χ3n) is 3.00. The minimum absolute atomic E-state index is 0.0181. The molecule has 0 unspecified atom stereocenters. The van der Waals surface area contributed by atoms with E-state index in [1.54, 1.807) is 36.4 Å². The number of nitrogens with two attached hydrogens (primary N) is 1. The number of halogens is 1. The van der Waals surface area contributed by atoms with Crippen molar-refractivity contribution in [1.82, 2.24) is 0 Å². The van der Waals surface area contributed by atoms with Gasteiger partial charge in [0.1, 0.15) is 18.0 Å². The standard InChI is InChI=1S/C16H12FNO3/c17-12-3-1-2-10(6-12)9-20-16(19)15-8-11-7-13(18)4-5-14(11)21-15/h1-8H,9,18H2. The molecule has 0 fully saturated rings. The van der Waals surface area contributed by atoms with Crippen molar-refractivity contribution in [1.29, 1.82) is 0 Å². The molecule has 2 aromatic carbocycles. The SMILES string of the molecule is Nc1ccc2oc(C(=O)OCc3cccc(F)c3)cc2c1. The molecule has 3 rings (SSSR count). The van der Waals surface area contributed by atoms with E-state index in [4.69, 9.17) is 14.9 Å². The second-order valence-electron chi connectivity index (χ2n) is 4.61. The van der Waals surface area contributed by atoms with Crippen LogP contribution in [0, 0.1) is 5.82 Å². The highest BCUT2D eigenvalue weighted by atomic mass is 19.1. The van der Waals surface area contributed by atoms with Crippen molar-refractivity contribution < 1.29 is 18.3 Å². The molecular formula is C16H12FNO3. The largest absolute Gasteiger partial charge is 0.455 e. The van der Waals surface area contributed by atoms with Crippen LogP contribution in [0.3, 0.4) is 0 Å². The molecule has 0 bridgehead atoms. The van der Waals surface area contributed by atoms with Crippen molar-refractivity contribution in [3.05, 3.63) is 65.7 Å². The fourth-order valence-electron chi connectivity index (χ4n) is 2.01. The van der Waals surface area contributed by atoms with Crippen LogP contribution >= 0.6 is 0 Å². The molecule has 0 spiro atoms. The fraction of sp³-hybridized carbons (Fsp3) is 0.0625. The van der Waals surface area contributed by atoms with Gasteiger partial charge in [-0.2, -0.15) is 0 Å². The minimum atomic E-state index is -0.603. The first-order valence-corrected chi connectivity index (χ1v) is 6.32. The van der Waals surface area contributed by atoms with Crippen molar-refractivity contribution in [2.45, 2.75) is 6.61 Å². The van der Waals surface area contributed by atoms with Gasteiger partial charge in [-0.1, -0.05) is 12.1 Å². The number of carbonyl (C=O) groups excluding carboxylic acids is 1. The highest BCUT2D eigenvalue weighted by Gasteiger charge is 2.14. The maximum atomic E-state index is 13.0. The molecular weight excluding hydrogens is 273 g/mol. The predicted molar refractivity (Wildman–Crippen MR) is 76.1 cm³/mol. The third kappa shape index (κ3) is 2.86. The monoisotopic (exact) mass is 285 g/mol. The molecule has 1 aromatic heterocycles. The summed E-state index contributed by atoms with van der Waals surface area (Å²) in [6, 6.07) is 12.5. The predicted octanol–water partition coefficient (Wildman–Crippen LogP) is 3.51. The Kier molecular flexibility index (Phi) is 3.31. The zero-order chi connectivity index (χ0) is 14.8. The Morgan fingerprint density at radius 2 is 2.05 bits per heavy atom. The van der Waals surface area contributed by atoms with Gasteiger partial charge >= 0.3 is 5.97 Å². The van der Waals surface area contributed by atoms with Gasteiger partial charge in [0, 0.05) is 11.1 Å². The summed E-state index contributed by atoms with van der Waals surface area (Å²) in [5, 5.41) is 0.729. The Balaban J connectivity index is 1.74. The zero-order valence-corrected chi connectivity index (χ0v) is 11.0. The molecule has 106 valence electrons. The van der Waals surface area contributed by atoms with Crippen LogP contribution < -0.4 is 5.73 Å². The maximum absolute atomic E-state index is 13.0. The van der Waals surface area contributed by atoms with Gasteiger partial charge in [0.2, 0.25) is 5.76 Å². The van der Waals surface area contributed by atoms with Gasteiger partial charge in [-0.05, 0) is 42.0 Å². The summed E-state index contributed by atoms with van der Waals surface area (Å²) >= 11 is 0. The van der Waals surface area contributed by atoms with Crippen LogP contribution in [0.4, 0.5) is 10.1 Å². The minimum Gasteiger partial charge on any atom is -0.455 e. The molecule has 0 aliphatic carbocycles. The van der Waals surface area contributed by atoms with Crippen molar-refractivity contribution in [2.24, 2.45) is 0 Å². The summed E-state index contributed by atoms with van der Waals surface area (Å²) in [5.41, 5.74) is 7.38. The first-order chi connectivity index (χ1) is 10.1. The van der Waals surface area contributed by atoms with Crippen LogP contribution in [0.2, 0.25) is 0 Å². The highest BCUT2D eigenvalue weighted by Crippen LogP contribution is 2.22. The van der Waals surface area contributed by atoms with Gasteiger partial charge in [0.05, 0.1) is 0 Å². The number of ether oxygens (including phenoxy) is 1. The van der Waals surface area contributed by atoms with Crippen LogP contribution in [0.1, 0.15) is 16.1 Å². The Morgan fingerprint density at radius 1 is 1.19 bits per heavy atom. The first kappa shape index (κ1) is 13.2. The summed E-state index contributed by atoms with van der Waals surface area (Å²) < 4.78 is 23.5. The van der Waals surface area contributed by atoms with E-state index in [0.29, 0.717) is 16.8 Å². The second-order valence-corrected chi connectivity index (χ2v) is 4.61. The highest BCUT2D eigenvalue weighted by molar-refractivity contribution is 5.93. The average molecular weight is 285 g/mol. The molecule has 21 heavy (non-hydrogen) atoms. The van der Waals surface area contributed by atoms with E-state index in [1.807, 2.05) is 0 Å². The molecule has 0 amide bonds. The van der Waals surface area contributed by atoms with E-state index in [1.165, 1.54) is 12.1 Å². The summed E-state index contributed by atoms with van der Waals surface area (Å²) in [6.07, 6.45) is 0. The topological polar surface area (TPSA) is 65.5 Å². The molecule has 3 aromatic rings. The number of fused-ring (bicyclic) bond motifs is 1. The lowest BCUT2D eigenvalue weighted by molar-refractivity contribution is 0.0438. The number of rotatable bonds is 3. The molecule has 1 heterocycles. The van der Waals surface area contributed by atoms with Crippen molar-refractivity contribution in [2.75, 3.05) is 5.73 Å². The van der Waals surface area contributed by atoms with Crippen LogP contribution in [-0.4, -0.2) is 5.97 Å². The van der Waals surface area contributed by atoms with Crippen molar-refractivity contribution in [3.8, 4) is 0 Å². The van der Waals surface area contributed by atoms with Gasteiger partial charge in [0.25, 0.3) is 0 Å². The Bertz CT molecular complexity index is 810. The smallest absolute Gasteiger partial charge is 0.374 e. The molecule has 0 atom stereocenters. The van der Waals surface area contributed by atoms with Gasteiger partial charge in [0.15, 0.2) is 0 Å². The van der Waals surface area contributed by atoms with E-state index >= 15 is 0 Å². The van der Waals surface area contributed by atoms with Gasteiger partial charge in [-0.15, -0.1) is 0 Å². The molecule has 0 aliphatic heterocycles. The molecule has 2 N–H and O–H groups in total. The molecule has 0 saturated heterocycles. The first-order valence-electron chi connectivity index (χ1n) is 6.32. The van der Waals surface area contributed by atoms with E-state index in [-0.39, 0.29) is 18.2 Å². The van der Waals surface area contributed by atoms with E-state index < -0.39 is 5.97 Å². The number of nitrogen functional groups attached to an aromatic ring is 1. The normalized spacial score (nSPS) is 10.7. The molecule has 0 aliphatic rings. The van der Waals surface area contributed by atoms with Crippen LogP contribution in [0.5, 0.6) is 0 Å². The Morgan fingerprint density at radius 3 is 2.86 bits per heavy atom. The zero-order valence-electron chi connectivity index (χ0n) is 11.0. The van der Waals surface area contributed by atoms with Crippen molar-refractivity contribution in [3.63, 3.8) is 0 Å². The fourth-order valence-corrected chi connectivity index (χ4v) is 2.01. The third-order valence-corrected chi connectivity index (χ3v) is 3.00. The maximum Gasteiger partial charge on any atom is 0.374 e. The number of benzene rings is 2. The summed E-state index contributed by atoms with van der Waals surface area (Å²) in [6.45, 7) is -0.0181.